The zero-order valence-electron chi connectivity index (χ0n) is 9.14. The van der Waals surface area contributed by atoms with Crippen LogP contribution in [0.25, 0.3) is 16.5 Å². The molecule has 1 aromatic carbocycles. The molecule has 0 atom stereocenters. The van der Waals surface area contributed by atoms with Crippen LogP contribution in [-0.4, -0.2) is 24.2 Å². The average Bonchev–Trinajstić information content (AvgIpc) is 2.69. The normalized spacial score (nSPS) is 11.4. The van der Waals surface area contributed by atoms with E-state index < -0.39 is 0 Å². The zero-order valence-corrected chi connectivity index (χ0v) is 9.14. The molecule has 0 saturated heterocycles. The van der Waals surface area contributed by atoms with Crippen molar-refractivity contribution in [2.45, 2.75) is 0 Å². The number of hydrogen-bond donors (Lipinski definition) is 0. The lowest BCUT2D eigenvalue weighted by Crippen LogP contribution is -2.02. The molecule has 0 bridgehead atoms. The van der Waals surface area contributed by atoms with Crippen LogP contribution >= 0.6 is 0 Å². The van der Waals surface area contributed by atoms with Gasteiger partial charge in [-0.1, -0.05) is 17.3 Å². The average molecular weight is 213 g/mol. The van der Waals surface area contributed by atoms with Gasteiger partial charge in [-0.15, -0.1) is 0 Å². The smallest absolute Gasteiger partial charge is 0.167 e. The van der Waals surface area contributed by atoms with E-state index in [1.807, 2.05) is 43.3 Å². The molecule has 16 heavy (non-hydrogen) atoms. The fourth-order valence-corrected chi connectivity index (χ4v) is 1.48. The van der Waals surface area contributed by atoms with Gasteiger partial charge in [0.1, 0.15) is 11.8 Å². The Labute approximate surface area is 93.4 Å². The molecule has 0 amide bonds. The van der Waals surface area contributed by atoms with Gasteiger partial charge in [0.25, 0.3) is 0 Å². The first-order valence-electron chi connectivity index (χ1n) is 4.85. The molecule has 4 heteroatoms. The van der Waals surface area contributed by atoms with Gasteiger partial charge in [0.15, 0.2) is 5.58 Å². The van der Waals surface area contributed by atoms with E-state index in [9.17, 15) is 0 Å². The maximum atomic E-state index is 9.08. The van der Waals surface area contributed by atoms with Crippen molar-refractivity contribution in [1.82, 2.24) is 10.1 Å². The van der Waals surface area contributed by atoms with Gasteiger partial charge in [-0.05, 0) is 12.1 Å². The van der Waals surface area contributed by atoms with E-state index in [1.165, 1.54) is 0 Å². The topological polar surface area (TPSA) is 53.1 Å². The number of nitriles is 1. The standard InChI is InChI=1S/C12H11N3O/c1-15(2)8-9(7-13)12-10-5-3-4-6-11(10)16-14-12/h3-6,8H,1-2H3/b9-8+. The first kappa shape index (κ1) is 10.2. The Morgan fingerprint density at radius 2 is 2.19 bits per heavy atom. The van der Waals surface area contributed by atoms with Crippen molar-refractivity contribution in [2.24, 2.45) is 0 Å². The summed E-state index contributed by atoms with van der Waals surface area (Å²) in [7, 11) is 3.72. The molecule has 0 aliphatic rings. The molecular formula is C12H11N3O. The summed E-state index contributed by atoms with van der Waals surface area (Å²) in [5.41, 5.74) is 1.78. The fraction of sp³-hybridized carbons (Fsp3) is 0.167. The molecule has 1 aromatic heterocycles. The molecule has 0 N–H and O–H groups in total. The summed E-state index contributed by atoms with van der Waals surface area (Å²) < 4.78 is 5.15. The van der Waals surface area contributed by atoms with E-state index in [0.717, 1.165) is 5.39 Å². The second kappa shape index (κ2) is 4.07. The van der Waals surface area contributed by atoms with Crippen LogP contribution in [0.3, 0.4) is 0 Å². The van der Waals surface area contributed by atoms with Crippen molar-refractivity contribution < 1.29 is 4.52 Å². The van der Waals surface area contributed by atoms with E-state index >= 15 is 0 Å². The molecule has 0 spiro atoms. The summed E-state index contributed by atoms with van der Waals surface area (Å²) >= 11 is 0. The quantitative estimate of drug-likeness (QED) is 0.718. The van der Waals surface area contributed by atoms with Crippen LogP contribution in [0.1, 0.15) is 5.69 Å². The molecule has 4 nitrogen and oxygen atoms in total. The first-order chi connectivity index (χ1) is 7.72. The van der Waals surface area contributed by atoms with Crippen molar-refractivity contribution in [3.63, 3.8) is 0 Å². The van der Waals surface area contributed by atoms with Crippen LogP contribution in [0.15, 0.2) is 35.0 Å². The number of hydrogen-bond acceptors (Lipinski definition) is 4. The summed E-state index contributed by atoms with van der Waals surface area (Å²) in [6, 6.07) is 9.62. The van der Waals surface area contributed by atoms with Gasteiger partial charge < -0.3 is 9.42 Å². The largest absolute Gasteiger partial charge is 0.382 e. The third-order valence-corrected chi connectivity index (χ3v) is 2.14. The van der Waals surface area contributed by atoms with Crippen LogP contribution in [-0.2, 0) is 0 Å². The van der Waals surface area contributed by atoms with E-state index in [4.69, 9.17) is 9.78 Å². The van der Waals surface area contributed by atoms with Gasteiger partial charge >= 0.3 is 0 Å². The number of nitrogens with zero attached hydrogens (tertiary/aromatic N) is 3. The molecule has 2 rings (SSSR count). The predicted molar refractivity (Wildman–Crippen MR) is 61.3 cm³/mol. The lowest BCUT2D eigenvalue weighted by molar-refractivity contribution is 0.453. The number of fused-ring (bicyclic) bond motifs is 1. The minimum absolute atomic E-state index is 0.495. The molecule has 0 aliphatic carbocycles. The number of allylic oxidation sites excluding steroid dienone is 1. The summed E-state index contributed by atoms with van der Waals surface area (Å²) in [5, 5.41) is 13.9. The second-order valence-electron chi connectivity index (χ2n) is 3.65. The van der Waals surface area contributed by atoms with Crippen molar-refractivity contribution >= 4 is 16.5 Å². The number of benzene rings is 1. The van der Waals surface area contributed by atoms with Crippen molar-refractivity contribution in [1.29, 1.82) is 5.26 Å². The third-order valence-electron chi connectivity index (χ3n) is 2.14. The van der Waals surface area contributed by atoms with Crippen molar-refractivity contribution in [3.8, 4) is 6.07 Å². The fourth-order valence-electron chi connectivity index (χ4n) is 1.48. The highest BCUT2D eigenvalue weighted by Gasteiger charge is 2.11. The van der Waals surface area contributed by atoms with Crippen LogP contribution in [0, 0.1) is 11.3 Å². The number of rotatable bonds is 2. The van der Waals surface area contributed by atoms with E-state index in [0.29, 0.717) is 16.9 Å². The van der Waals surface area contributed by atoms with Gasteiger partial charge in [0, 0.05) is 20.3 Å². The van der Waals surface area contributed by atoms with E-state index in [1.54, 1.807) is 6.20 Å². The maximum absolute atomic E-state index is 9.08. The number of aromatic nitrogens is 1. The Balaban J connectivity index is 2.59. The minimum Gasteiger partial charge on any atom is -0.382 e. The summed E-state index contributed by atoms with van der Waals surface area (Å²) in [4.78, 5) is 1.81. The van der Waals surface area contributed by atoms with Crippen LogP contribution in [0.5, 0.6) is 0 Å². The highest BCUT2D eigenvalue weighted by atomic mass is 16.5. The van der Waals surface area contributed by atoms with Gasteiger partial charge in [-0.3, -0.25) is 0 Å². The van der Waals surface area contributed by atoms with Gasteiger partial charge in [-0.2, -0.15) is 5.26 Å². The maximum Gasteiger partial charge on any atom is 0.167 e. The number of para-hydroxylation sites is 1. The van der Waals surface area contributed by atoms with Crippen LogP contribution < -0.4 is 0 Å². The van der Waals surface area contributed by atoms with E-state index in [-0.39, 0.29) is 0 Å². The zero-order chi connectivity index (χ0) is 11.5. The molecule has 80 valence electrons. The Kier molecular flexibility index (Phi) is 2.61. The second-order valence-corrected chi connectivity index (χ2v) is 3.65. The molecule has 0 radical (unpaired) electrons. The molecule has 0 aliphatic heterocycles. The lowest BCUT2D eigenvalue weighted by Gasteiger charge is -2.04. The molecule has 2 aromatic rings. The Hall–Kier alpha value is -2.28. The highest BCUT2D eigenvalue weighted by Crippen LogP contribution is 2.23. The molecule has 1 heterocycles. The monoisotopic (exact) mass is 213 g/mol. The highest BCUT2D eigenvalue weighted by molar-refractivity contribution is 5.92. The molecule has 0 saturated carbocycles. The van der Waals surface area contributed by atoms with Gasteiger partial charge in [-0.25, -0.2) is 0 Å². The summed E-state index contributed by atoms with van der Waals surface area (Å²) in [5.74, 6) is 0. The Morgan fingerprint density at radius 3 is 2.88 bits per heavy atom. The van der Waals surface area contributed by atoms with Crippen molar-refractivity contribution in [2.75, 3.05) is 14.1 Å². The molecule has 0 unspecified atom stereocenters. The Morgan fingerprint density at radius 1 is 1.44 bits per heavy atom. The van der Waals surface area contributed by atoms with Crippen molar-refractivity contribution in [3.05, 3.63) is 36.2 Å². The summed E-state index contributed by atoms with van der Waals surface area (Å²) in [6.45, 7) is 0. The molecule has 0 fully saturated rings. The van der Waals surface area contributed by atoms with Crippen LogP contribution in [0.2, 0.25) is 0 Å². The van der Waals surface area contributed by atoms with Crippen LogP contribution in [0.4, 0.5) is 0 Å². The summed E-state index contributed by atoms with van der Waals surface area (Å²) in [6.07, 6.45) is 1.73. The molecular weight excluding hydrogens is 202 g/mol. The Bertz CT molecular complexity index is 575. The van der Waals surface area contributed by atoms with Gasteiger partial charge in [0.05, 0.1) is 11.0 Å². The third kappa shape index (κ3) is 1.75. The van der Waals surface area contributed by atoms with Gasteiger partial charge in [0.2, 0.25) is 0 Å². The van der Waals surface area contributed by atoms with E-state index in [2.05, 4.69) is 11.2 Å². The predicted octanol–water partition coefficient (Wildman–Crippen LogP) is 2.25. The SMILES string of the molecule is CN(C)/C=C(\C#N)c1noc2ccccc12. The minimum atomic E-state index is 0.495. The lowest BCUT2D eigenvalue weighted by atomic mass is 10.1. The first-order valence-corrected chi connectivity index (χ1v) is 4.85.